The Labute approximate surface area is 163 Å². The van der Waals surface area contributed by atoms with Crippen molar-refractivity contribution in [1.29, 1.82) is 0 Å². The molecule has 0 radical (unpaired) electrons. The lowest BCUT2D eigenvalue weighted by Crippen LogP contribution is -2.15. The molecule has 0 fully saturated rings. The maximum absolute atomic E-state index is 12.3. The maximum atomic E-state index is 12.3. The summed E-state index contributed by atoms with van der Waals surface area (Å²) in [5, 5.41) is 2.60. The van der Waals surface area contributed by atoms with Gasteiger partial charge in [-0.15, -0.1) is 0 Å². The molecule has 0 saturated carbocycles. The van der Waals surface area contributed by atoms with Crippen LogP contribution in [0, 0.1) is 13.8 Å². The molecular weight excluding hydrogens is 358 g/mol. The van der Waals surface area contributed by atoms with Gasteiger partial charge in [0.1, 0.15) is 0 Å². The molecule has 0 heterocycles. The molecule has 0 aliphatic heterocycles. The number of esters is 1. The summed E-state index contributed by atoms with van der Waals surface area (Å²) >= 11 is 0. The Bertz CT molecular complexity index is 900. The van der Waals surface area contributed by atoms with Gasteiger partial charge in [-0.2, -0.15) is 0 Å². The number of amides is 1. The molecule has 0 bridgehead atoms. The van der Waals surface area contributed by atoms with Gasteiger partial charge in [0, 0.05) is 30.2 Å². The van der Waals surface area contributed by atoms with Crippen LogP contribution in [0.15, 0.2) is 42.5 Å². The van der Waals surface area contributed by atoms with Crippen molar-refractivity contribution in [2.45, 2.75) is 33.6 Å². The molecule has 0 saturated heterocycles. The van der Waals surface area contributed by atoms with Gasteiger partial charge in [0.15, 0.2) is 18.2 Å². The van der Waals surface area contributed by atoms with E-state index in [9.17, 15) is 19.2 Å². The Morgan fingerprint density at radius 2 is 1.57 bits per heavy atom. The van der Waals surface area contributed by atoms with Crippen LogP contribution in [-0.2, 0) is 14.3 Å². The summed E-state index contributed by atoms with van der Waals surface area (Å²) in [4.78, 5) is 47.2. The van der Waals surface area contributed by atoms with Crippen LogP contribution in [0.3, 0.4) is 0 Å². The number of Topliss-reactive ketones (excluding diaryl/α,β-unsaturated/α-hetero) is 2. The predicted octanol–water partition coefficient (Wildman–Crippen LogP) is 3.65. The normalized spacial score (nSPS) is 10.2. The molecule has 1 N–H and O–H groups in total. The quantitative estimate of drug-likeness (QED) is 0.557. The molecular formula is C22H23NO5. The molecule has 0 aromatic heterocycles. The molecule has 1 amide bonds. The van der Waals surface area contributed by atoms with Crippen LogP contribution in [0.2, 0.25) is 0 Å². The largest absolute Gasteiger partial charge is 0.457 e. The van der Waals surface area contributed by atoms with Crippen LogP contribution in [-0.4, -0.2) is 30.0 Å². The number of benzene rings is 2. The molecule has 2 aromatic carbocycles. The van der Waals surface area contributed by atoms with Gasteiger partial charge in [-0.1, -0.05) is 17.7 Å². The first-order chi connectivity index (χ1) is 13.3. The Balaban J connectivity index is 1.81. The van der Waals surface area contributed by atoms with Gasteiger partial charge in [-0.3, -0.25) is 19.2 Å². The van der Waals surface area contributed by atoms with Gasteiger partial charge < -0.3 is 10.1 Å². The third kappa shape index (κ3) is 6.16. The molecule has 6 nitrogen and oxygen atoms in total. The average Bonchev–Trinajstić information content (AvgIpc) is 2.66. The minimum atomic E-state index is -0.595. The number of ether oxygens (including phenoxy) is 1. The van der Waals surface area contributed by atoms with Crippen LogP contribution in [0.25, 0.3) is 0 Å². The Kier molecular flexibility index (Phi) is 7.21. The zero-order chi connectivity index (χ0) is 20.7. The van der Waals surface area contributed by atoms with E-state index in [0.29, 0.717) is 16.8 Å². The number of hydrogen-bond donors (Lipinski definition) is 1. The lowest BCUT2D eigenvalue weighted by atomic mass is 9.99. The third-order valence-corrected chi connectivity index (χ3v) is 4.14. The van der Waals surface area contributed by atoms with Crippen molar-refractivity contribution in [3.8, 4) is 0 Å². The van der Waals surface area contributed by atoms with E-state index in [1.54, 1.807) is 30.3 Å². The Morgan fingerprint density at radius 1 is 0.893 bits per heavy atom. The molecule has 0 unspecified atom stereocenters. The highest BCUT2D eigenvalue weighted by Gasteiger charge is 2.14. The van der Waals surface area contributed by atoms with E-state index in [0.717, 1.165) is 11.1 Å². The van der Waals surface area contributed by atoms with E-state index in [1.165, 1.54) is 6.92 Å². The van der Waals surface area contributed by atoms with Gasteiger partial charge in [-0.25, -0.2) is 0 Å². The first-order valence-electron chi connectivity index (χ1n) is 8.93. The van der Waals surface area contributed by atoms with Crippen molar-refractivity contribution in [1.82, 2.24) is 0 Å². The fourth-order valence-corrected chi connectivity index (χ4v) is 2.63. The SMILES string of the molecule is CC(=O)Nc1ccc(C(=O)COC(=O)CCC(=O)c2cc(C)ccc2C)cc1. The second kappa shape index (κ2) is 9.60. The molecule has 6 heteroatoms. The summed E-state index contributed by atoms with van der Waals surface area (Å²) in [7, 11) is 0. The van der Waals surface area contributed by atoms with Crippen LogP contribution < -0.4 is 5.32 Å². The van der Waals surface area contributed by atoms with E-state index < -0.39 is 12.6 Å². The standard InChI is InChI=1S/C22H23NO5/c1-14-4-5-15(2)19(12-14)20(25)10-11-22(27)28-13-21(26)17-6-8-18(9-7-17)23-16(3)24/h4-9,12H,10-11,13H2,1-3H3,(H,23,24). The zero-order valence-electron chi connectivity index (χ0n) is 16.2. The van der Waals surface area contributed by atoms with Crippen LogP contribution in [0.1, 0.15) is 51.6 Å². The fourth-order valence-electron chi connectivity index (χ4n) is 2.63. The highest BCUT2D eigenvalue weighted by atomic mass is 16.5. The number of anilines is 1. The molecule has 0 atom stereocenters. The molecule has 0 aliphatic rings. The molecule has 146 valence electrons. The molecule has 2 rings (SSSR count). The molecule has 0 spiro atoms. The minimum Gasteiger partial charge on any atom is -0.457 e. The van der Waals surface area contributed by atoms with Crippen LogP contribution in [0.5, 0.6) is 0 Å². The zero-order valence-corrected chi connectivity index (χ0v) is 16.2. The van der Waals surface area contributed by atoms with Crippen molar-refractivity contribution in [3.63, 3.8) is 0 Å². The fraction of sp³-hybridized carbons (Fsp3) is 0.273. The first kappa shape index (κ1) is 21.0. The predicted molar refractivity (Wildman–Crippen MR) is 106 cm³/mol. The molecule has 28 heavy (non-hydrogen) atoms. The monoisotopic (exact) mass is 381 g/mol. The lowest BCUT2D eigenvalue weighted by molar-refractivity contribution is -0.142. The van der Waals surface area contributed by atoms with Gasteiger partial charge in [-0.05, 0) is 49.7 Å². The summed E-state index contributed by atoms with van der Waals surface area (Å²) in [5.41, 5.74) is 3.39. The average molecular weight is 381 g/mol. The number of nitrogens with one attached hydrogen (secondary N) is 1. The number of hydrogen-bond acceptors (Lipinski definition) is 5. The summed E-state index contributed by atoms with van der Waals surface area (Å²) in [6.07, 6.45) is -0.0519. The lowest BCUT2D eigenvalue weighted by Gasteiger charge is -2.07. The number of ketones is 2. The van der Waals surface area contributed by atoms with E-state index in [1.807, 2.05) is 26.0 Å². The number of aryl methyl sites for hydroxylation is 2. The van der Waals surface area contributed by atoms with E-state index in [-0.39, 0.29) is 30.3 Å². The molecule has 0 aliphatic carbocycles. The van der Waals surface area contributed by atoms with Crippen molar-refractivity contribution in [3.05, 3.63) is 64.7 Å². The van der Waals surface area contributed by atoms with Crippen molar-refractivity contribution in [2.24, 2.45) is 0 Å². The highest BCUT2D eigenvalue weighted by Crippen LogP contribution is 2.14. The first-order valence-corrected chi connectivity index (χ1v) is 8.93. The van der Waals surface area contributed by atoms with E-state index in [2.05, 4.69) is 5.32 Å². The summed E-state index contributed by atoms with van der Waals surface area (Å²) in [6.45, 7) is 4.75. The highest BCUT2D eigenvalue weighted by molar-refractivity contribution is 6.00. The van der Waals surface area contributed by atoms with Crippen molar-refractivity contribution in [2.75, 3.05) is 11.9 Å². The second-order valence-electron chi connectivity index (χ2n) is 6.58. The summed E-state index contributed by atoms with van der Waals surface area (Å²) in [5.74, 6) is -1.29. The van der Waals surface area contributed by atoms with Gasteiger partial charge in [0.05, 0.1) is 6.42 Å². The number of carbonyl (C=O) groups excluding carboxylic acids is 4. The van der Waals surface area contributed by atoms with E-state index >= 15 is 0 Å². The number of rotatable bonds is 8. The number of carbonyl (C=O) groups is 4. The summed E-state index contributed by atoms with van der Waals surface area (Å²) < 4.78 is 4.98. The topological polar surface area (TPSA) is 89.5 Å². The van der Waals surface area contributed by atoms with Crippen LogP contribution >= 0.6 is 0 Å². The van der Waals surface area contributed by atoms with Crippen LogP contribution in [0.4, 0.5) is 5.69 Å². The Morgan fingerprint density at radius 3 is 2.21 bits per heavy atom. The maximum Gasteiger partial charge on any atom is 0.306 e. The minimum absolute atomic E-state index is 0.0305. The third-order valence-electron chi connectivity index (χ3n) is 4.14. The smallest absolute Gasteiger partial charge is 0.306 e. The second-order valence-corrected chi connectivity index (χ2v) is 6.58. The molecule has 2 aromatic rings. The van der Waals surface area contributed by atoms with Crippen molar-refractivity contribution >= 4 is 29.1 Å². The van der Waals surface area contributed by atoms with Gasteiger partial charge in [0.2, 0.25) is 5.91 Å². The summed E-state index contributed by atoms with van der Waals surface area (Å²) in [6, 6.07) is 11.9. The van der Waals surface area contributed by atoms with Gasteiger partial charge >= 0.3 is 5.97 Å². The van der Waals surface area contributed by atoms with Crippen molar-refractivity contribution < 1.29 is 23.9 Å². The van der Waals surface area contributed by atoms with E-state index in [4.69, 9.17) is 4.74 Å². The Hall–Kier alpha value is -3.28. The van der Waals surface area contributed by atoms with Gasteiger partial charge in [0.25, 0.3) is 0 Å².